The molecule has 2 atom stereocenters. The summed E-state index contributed by atoms with van der Waals surface area (Å²) in [4.78, 5) is 11.4. The minimum Gasteiger partial charge on any atom is -0.387 e. The van der Waals surface area contributed by atoms with E-state index in [1.54, 1.807) is 6.33 Å². The van der Waals surface area contributed by atoms with Gasteiger partial charge in [0, 0.05) is 28.2 Å². The van der Waals surface area contributed by atoms with E-state index in [9.17, 15) is 5.11 Å². The predicted octanol–water partition coefficient (Wildman–Crippen LogP) is 4.63. The zero-order valence-electron chi connectivity index (χ0n) is 14.4. The number of halogens is 1. The average Bonchev–Trinajstić information content (AvgIpc) is 3.27. The first kappa shape index (κ1) is 15.6. The van der Waals surface area contributed by atoms with Gasteiger partial charge in [-0.2, -0.15) is 0 Å². The number of nitrogens with zero attached hydrogens (tertiary/aromatic N) is 3. The van der Waals surface area contributed by atoms with E-state index in [1.807, 2.05) is 6.07 Å². The molecule has 2 aliphatic carbocycles. The summed E-state index contributed by atoms with van der Waals surface area (Å²) >= 11 is 6.34. The average molecular weight is 356 g/mol. The molecule has 1 spiro atoms. The fourth-order valence-corrected chi connectivity index (χ4v) is 5.40. The molecule has 3 aliphatic rings. The lowest BCUT2D eigenvalue weighted by Gasteiger charge is -2.26. The van der Waals surface area contributed by atoms with Crippen molar-refractivity contribution in [2.45, 2.75) is 56.5 Å². The van der Waals surface area contributed by atoms with Crippen LogP contribution in [0.2, 0.25) is 5.02 Å². The van der Waals surface area contributed by atoms with E-state index in [0.717, 1.165) is 35.1 Å². The van der Waals surface area contributed by atoms with E-state index >= 15 is 0 Å². The molecule has 0 amide bonds. The van der Waals surface area contributed by atoms with Crippen LogP contribution in [0.3, 0.4) is 0 Å². The summed E-state index contributed by atoms with van der Waals surface area (Å²) in [5.74, 6) is 1.25. The van der Waals surface area contributed by atoms with Crippen molar-refractivity contribution in [2.24, 2.45) is 0 Å². The highest BCUT2D eigenvalue weighted by Gasteiger charge is 2.46. The number of fused-ring (bicyclic) bond motifs is 3. The van der Waals surface area contributed by atoms with Gasteiger partial charge in [-0.05, 0) is 48.9 Å². The standard InChI is InChI=1S/C20H22ClN3O/c1-12-8-16(25)18-17(12)19(23-11-22-18)24-10-20(6-2-3-7-20)14-9-13(21)4-5-15(14)24/h4-5,9,11-12,16,25H,2-3,6-8,10H2,1H3/t12-,16-/m1/s1. The summed E-state index contributed by atoms with van der Waals surface area (Å²) in [7, 11) is 0. The van der Waals surface area contributed by atoms with Gasteiger partial charge in [0.15, 0.2) is 0 Å². The number of aliphatic hydroxyl groups is 1. The number of aliphatic hydroxyl groups excluding tert-OH is 1. The third-order valence-electron chi connectivity index (χ3n) is 6.38. The maximum absolute atomic E-state index is 10.3. The monoisotopic (exact) mass is 355 g/mol. The molecule has 1 fully saturated rings. The van der Waals surface area contributed by atoms with Crippen LogP contribution in [0.4, 0.5) is 11.5 Å². The zero-order chi connectivity index (χ0) is 17.2. The minimum absolute atomic E-state index is 0.193. The molecule has 1 aromatic heterocycles. The van der Waals surface area contributed by atoms with Crippen LogP contribution in [0, 0.1) is 0 Å². The lowest BCUT2D eigenvalue weighted by molar-refractivity contribution is 0.170. The molecule has 1 aromatic carbocycles. The smallest absolute Gasteiger partial charge is 0.140 e. The van der Waals surface area contributed by atoms with Crippen molar-refractivity contribution in [3.8, 4) is 0 Å². The number of hydrogen-bond acceptors (Lipinski definition) is 4. The van der Waals surface area contributed by atoms with E-state index in [4.69, 9.17) is 11.6 Å². The van der Waals surface area contributed by atoms with Crippen LogP contribution >= 0.6 is 11.6 Å². The molecule has 1 aliphatic heterocycles. The largest absolute Gasteiger partial charge is 0.387 e. The maximum Gasteiger partial charge on any atom is 0.140 e. The number of anilines is 2. The van der Waals surface area contributed by atoms with E-state index in [1.165, 1.54) is 36.9 Å². The SMILES string of the molecule is C[C@@H]1C[C@@H](O)c2ncnc(N3CC4(CCCC4)c4cc(Cl)ccc43)c21. The Morgan fingerprint density at radius 1 is 1.24 bits per heavy atom. The van der Waals surface area contributed by atoms with Gasteiger partial charge in [-0.15, -0.1) is 0 Å². The van der Waals surface area contributed by atoms with Crippen LogP contribution in [0.15, 0.2) is 24.5 Å². The summed E-state index contributed by atoms with van der Waals surface area (Å²) in [6, 6.07) is 6.26. The maximum atomic E-state index is 10.3. The minimum atomic E-state index is -0.473. The van der Waals surface area contributed by atoms with Gasteiger partial charge in [0.2, 0.25) is 0 Å². The quantitative estimate of drug-likeness (QED) is 0.810. The Labute approximate surface area is 152 Å². The van der Waals surface area contributed by atoms with Crippen molar-refractivity contribution in [3.05, 3.63) is 46.4 Å². The lowest BCUT2D eigenvalue weighted by Crippen LogP contribution is -2.29. The van der Waals surface area contributed by atoms with Crippen LogP contribution in [-0.4, -0.2) is 21.6 Å². The Bertz CT molecular complexity index is 847. The summed E-state index contributed by atoms with van der Waals surface area (Å²) < 4.78 is 0. The van der Waals surface area contributed by atoms with Crippen LogP contribution in [0.1, 0.15) is 67.9 Å². The topological polar surface area (TPSA) is 49.3 Å². The highest BCUT2D eigenvalue weighted by Crippen LogP contribution is 2.54. The summed E-state index contributed by atoms with van der Waals surface area (Å²) in [6.07, 6.45) is 6.83. The Morgan fingerprint density at radius 2 is 2.04 bits per heavy atom. The second kappa shape index (κ2) is 5.42. The van der Waals surface area contributed by atoms with Crippen molar-refractivity contribution in [3.63, 3.8) is 0 Å². The lowest BCUT2D eigenvalue weighted by atomic mass is 9.81. The van der Waals surface area contributed by atoms with E-state index in [-0.39, 0.29) is 11.3 Å². The van der Waals surface area contributed by atoms with Gasteiger partial charge < -0.3 is 10.0 Å². The fraction of sp³-hybridized carbons (Fsp3) is 0.500. The first-order chi connectivity index (χ1) is 12.1. The van der Waals surface area contributed by atoms with Crippen LogP contribution in [0.5, 0.6) is 0 Å². The number of rotatable bonds is 1. The first-order valence-electron chi connectivity index (χ1n) is 9.19. The van der Waals surface area contributed by atoms with Crippen LogP contribution in [0.25, 0.3) is 0 Å². The summed E-state index contributed by atoms with van der Waals surface area (Å²) in [5.41, 5.74) is 4.71. The van der Waals surface area contributed by atoms with Gasteiger partial charge in [-0.25, -0.2) is 9.97 Å². The second-order valence-corrected chi connectivity index (χ2v) is 8.32. The van der Waals surface area contributed by atoms with Gasteiger partial charge in [0.1, 0.15) is 12.1 Å². The fourth-order valence-electron chi connectivity index (χ4n) is 5.23. The molecule has 0 unspecified atom stereocenters. The van der Waals surface area contributed by atoms with Crippen molar-refractivity contribution < 1.29 is 5.11 Å². The molecule has 5 heteroatoms. The number of benzene rings is 1. The molecule has 0 bridgehead atoms. The third kappa shape index (κ3) is 2.17. The van der Waals surface area contributed by atoms with Crippen molar-refractivity contribution >= 4 is 23.1 Å². The molecule has 2 aromatic rings. The van der Waals surface area contributed by atoms with E-state index in [0.29, 0.717) is 0 Å². The Kier molecular flexibility index (Phi) is 3.38. The molecule has 4 nitrogen and oxygen atoms in total. The van der Waals surface area contributed by atoms with E-state index < -0.39 is 6.10 Å². The summed E-state index contributed by atoms with van der Waals surface area (Å²) in [6.45, 7) is 3.11. The Balaban J connectivity index is 1.68. The van der Waals surface area contributed by atoms with E-state index in [2.05, 4.69) is 33.9 Å². The molecule has 1 saturated carbocycles. The molecule has 130 valence electrons. The first-order valence-corrected chi connectivity index (χ1v) is 9.57. The van der Waals surface area contributed by atoms with Gasteiger partial charge >= 0.3 is 0 Å². The molecule has 2 heterocycles. The van der Waals surface area contributed by atoms with Crippen LogP contribution in [-0.2, 0) is 5.41 Å². The molecule has 1 N–H and O–H groups in total. The molecular weight excluding hydrogens is 334 g/mol. The van der Waals surface area contributed by atoms with Gasteiger partial charge in [-0.1, -0.05) is 31.4 Å². The second-order valence-electron chi connectivity index (χ2n) is 7.88. The highest BCUT2D eigenvalue weighted by molar-refractivity contribution is 6.30. The molecule has 25 heavy (non-hydrogen) atoms. The molecule has 0 saturated heterocycles. The van der Waals surface area contributed by atoms with Gasteiger partial charge in [0.05, 0.1) is 11.8 Å². The number of hydrogen-bond donors (Lipinski definition) is 1. The Morgan fingerprint density at radius 3 is 2.84 bits per heavy atom. The van der Waals surface area contributed by atoms with Crippen LogP contribution < -0.4 is 4.90 Å². The summed E-state index contributed by atoms with van der Waals surface area (Å²) in [5, 5.41) is 11.1. The number of aromatic nitrogens is 2. The van der Waals surface area contributed by atoms with Crippen molar-refractivity contribution in [1.82, 2.24) is 9.97 Å². The molecular formula is C20H22ClN3O. The predicted molar refractivity (Wildman–Crippen MR) is 98.6 cm³/mol. The zero-order valence-corrected chi connectivity index (χ0v) is 15.1. The molecule has 0 radical (unpaired) electrons. The van der Waals surface area contributed by atoms with Gasteiger partial charge in [0.25, 0.3) is 0 Å². The van der Waals surface area contributed by atoms with Gasteiger partial charge in [-0.3, -0.25) is 0 Å². The third-order valence-corrected chi connectivity index (χ3v) is 6.61. The highest BCUT2D eigenvalue weighted by atomic mass is 35.5. The molecule has 5 rings (SSSR count). The normalized spacial score (nSPS) is 26.3. The van der Waals surface area contributed by atoms with Crippen molar-refractivity contribution in [2.75, 3.05) is 11.4 Å². The van der Waals surface area contributed by atoms with Crippen molar-refractivity contribution in [1.29, 1.82) is 0 Å². The Hall–Kier alpha value is -1.65.